The molecule has 0 radical (unpaired) electrons. The maximum Gasteiger partial charge on any atom is 0.338 e. The molecule has 34 heavy (non-hydrogen) atoms. The van der Waals surface area contributed by atoms with Crippen LogP contribution < -0.4 is 19.6 Å². The first-order valence-corrected chi connectivity index (χ1v) is 13.2. The molecule has 1 aliphatic heterocycles. The Morgan fingerprint density at radius 2 is 1.97 bits per heavy atom. The Morgan fingerprint density at radius 1 is 1.26 bits per heavy atom. The van der Waals surface area contributed by atoms with Gasteiger partial charge < -0.3 is 14.6 Å². The summed E-state index contributed by atoms with van der Waals surface area (Å²) in [6.45, 7) is 3.69. The van der Waals surface area contributed by atoms with E-state index in [0.29, 0.717) is 35.5 Å². The molecular weight excluding hydrogens is 682 g/mol. The van der Waals surface area contributed by atoms with Crippen molar-refractivity contribution in [2.45, 2.75) is 19.9 Å². The molecule has 4 rings (SSSR count). The lowest BCUT2D eigenvalue weighted by Gasteiger charge is -2.24. The minimum Gasteiger partial charge on any atom is -0.506 e. The van der Waals surface area contributed by atoms with E-state index in [2.05, 4.69) is 50.2 Å². The summed E-state index contributed by atoms with van der Waals surface area (Å²) in [5, 5.41) is 10.5. The second kappa shape index (κ2) is 10.2. The number of fused-ring (bicyclic) bond motifs is 1. The van der Waals surface area contributed by atoms with E-state index in [1.807, 2.05) is 24.3 Å². The molecule has 10 heteroatoms. The molecular formula is C24H20I2N2O5S. The number of phenols is 1. The summed E-state index contributed by atoms with van der Waals surface area (Å²) in [6, 6.07) is 10.2. The molecule has 3 aromatic rings. The number of carbonyl (C=O) groups excluding carboxylic acids is 1. The van der Waals surface area contributed by atoms with Crippen molar-refractivity contribution >= 4 is 68.6 Å². The predicted octanol–water partition coefficient (Wildman–Crippen LogP) is 3.72. The molecule has 0 unspecified atom stereocenters. The van der Waals surface area contributed by atoms with Crippen LogP contribution in [0.1, 0.15) is 31.0 Å². The van der Waals surface area contributed by atoms with Crippen LogP contribution in [-0.4, -0.2) is 29.4 Å². The van der Waals surface area contributed by atoms with Gasteiger partial charge in [-0.15, -0.1) is 0 Å². The Morgan fingerprint density at radius 3 is 2.62 bits per heavy atom. The number of benzene rings is 2. The van der Waals surface area contributed by atoms with Crippen molar-refractivity contribution in [2.75, 3.05) is 13.7 Å². The molecule has 1 atom stereocenters. The minimum absolute atomic E-state index is 0.113. The van der Waals surface area contributed by atoms with Crippen LogP contribution in [0.3, 0.4) is 0 Å². The number of allylic oxidation sites excluding steroid dienone is 1. The second-order valence-corrected chi connectivity index (χ2v) is 10.8. The van der Waals surface area contributed by atoms with Gasteiger partial charge in [0.1, 0.15) is 11.5 Å². The van der Waals surface area contributed by atoms with Crippen LogP contribution in [0, 0.1) is 7.14 Å². The first kappa shape index (κ1) is 24.9. The van der Waals surface area contributed by atoms with Crippen molar-refractivity contribution in [1.29, 1.82) is 0 Å². The van der Waals surface area contributed by atoms with Crippen LogP contribution in [0.25, 0.3) is 6.08 Å². The third-order valence-electron chi connectivity index (χ3n) is 5.29. The van der Waals surface area contributed by atoms with Crippen molar-refractivity contribution in [2.24, 2.45) is 4.99 Å². The molecule has 0 spiro atoms. The second-order valence-electron chi connectivity index (χ2n) is 7.40. The number of ether oxygens (including phenoxy) is 2. The topological polar surface area (TPSA) is 90.1 Å². The summed E-state index contributed by atoms with van der Waals surface area (Å²) < 4.78 is 14.1. The van der Waals surface area contributed by atoms with E-state index < -0.39 is 12.0 Å². The summed E-state index contributed by atoms with van der Waals surface area (Å²) in [4.78, 5) is 31.6. The average Bonchev–Trinajstić information content (AvgIpc) is 3.10. The summed E-state index contributed by atoms with van der Waals surface area (Å²) in [5.74, 6) is 0.268. The largest absolute Gasteiger partial charge is 0.506 e. The Labute approximate surface area is 226 Å². The molecule has 0 saturated carbocycles. The van der Waals surface area contributed by atoms with Crippen LogP contribution in [0.2, 0.25) is 0 Å². The van der Waals surface area contributed by atoms with Crippen molar-refractivity contribution in [3.05, 3.63) is 85.6 Å². The monoisotopic (exact) mass is 702 g/mol. The van der Waals surface area contributed by atoms with E-state index in [9.17, 15) is 14.7 Å². The standard InChI is InChI=1S/C24H20I2N2O5S/c1-4-33-23(31)19-12(2)27-24-28(20(19)13-5-7-16(32-3)8-6-13)22(30)18(34-24)10-14-9-15(25)11-17(26)21(14)29/h5-11,20,29H,4H2,1-3H3/b18-10-/t20-/m1/s1. The van der Waals surface area contributed by atoms with E-state index in [1.54, 1.807) is 39.2 Å². The fraction of sp³-hybridized carbons (Fsp3) is 0.208. The zero-order chi connectivity index (χ0) is 24.6. The third-order valence-corrected chi connectivity index (χ3v) is 7.72. The van der Waals surface area contributed by atoms with Crippen molar-refractivity contribution in [1.82, 2.24) is 4.57 Å². The number of aromatic nitrogens is 1. The highest BCUT2D eigenvalue weighted by Gasteiger charge is 2.33. The summed E-state index contributed by atoms with van der Waals surface area (Å²) in [5.41, 5.74) is 1.80. The quantitative estimate of drug-likeness (QED) is 0.324. The van der Waals surface area contributed by atoms with Crippen molar-refractivity contribution < 1.29 is 19.4 Å². The summed E-state index contributed by atoms with van der Waals surface area (Å²) in [6.07, 6.45) is 1.66. The highest BCUT2D eigenvalue weighted by Crippen LogP contribution is 2.32. The van der Waals surface area contributed by atoms with Gasteiger partial charge in [-0.1, -0.05) is 23.5 Å². The van der Waals surface area contributed by atoms with E-state index in [-0.39, 0.29) is 17.9 Å². The number of aromatic hydroxyl groups is 1. The van der Waals surface area contributed by atoms with Crippen LogP contribution in [-0.2, 0) is 9.53 Å². The summed E-state index contributed by atoms with van der Waals surface area (Å²) >= 11 is 5.44. The lowest BCUT2D eigenvalue weighted by atomic mass is 9.96. The molecule has 0 fully saturated rings. The lowest BCUT2D eigenvalue weighted by Crippen LogP contribution is -2.39. The molecule has 7 nitrogen and oxygen atoms in total. The Hall–Kier alpha value is -2.19. The summed E-state index contributed by atoms with van der Waals surface area (Å²) in [7, 11) is 1.58. The maximum absolute atomic E-state index is 13.6. The predicted molar refractivity (Wildman–Crippen MR) is 147 cm³/mol. The van der Waals surface area contributed by atoms with Gasteiger partial charge in [0.15, 0.2) is 4.80 Å². The van der Waals surface area contributed by atoms with Gasteiger partial charge in [0.25, 0.3) is 5.56 Å². The normalized spacial score (nSPS) is 15.7. The van der Waals surface area contributed by atoms with Gasteiger partial charge in [-0.3, -0.25) is 9.36 Å². The number of esters is 1. The average molecular weight is 702 g/mol. The molecule has 1 N–H and O–H groups in total. The number of hydrogen-bond donors (Lipinski definition) is 1. The van der Waals surface area contributed by atoms with Crippen molar-refractivity contribution in [3.8, 4) is 11.5 Å². The molecule has 0 aliphatic carbocycles. The first-order valence-electron chi connectivity index (χ1n) is 10.3. The number of phenolic OH excluding ortho intramolecular Hbond substituents is 1. The number of hydrogen-bond acceptors (Lipinski definition) is 7. The molecule has 2 heterocycles. The van der Waals surface area contributed by atoms with E-state index in [4.69, 9.17) is 9.47 Å². The molecule has 0 saturated heterocycles. The van der Waals surface area contributed by atoms with Gasteiger partial charge in [0, 0.05) is 9.13 Å². The number of rotatable bonds is 5. The number of thiazole rings is 1. The third kappa shape index (κ3) is 4.67. The van der Waals surface area contributed by atoms with Gasteiger partial charge in [-0.2, -0.15) is 0 Å². The van der Waals surface area contributed by atoms with E-state index >= 15 is 0 Å². The molecule has 0 bridgehead atoms. The lowest BCUT2D eigenvalue weighted by molar-refractivity contribution is -0.139. The van der Waals surface area contributed by atoms with Crippen molar-refractivity contribution in [3.63, 3.8) is 0 Å². The fourth-order valence-electron chi connectivity index (χ4n) is 3.73. The number of carbonyl (C=O) groups is 1. The molecule has 176 valence electrons. The Kier molecular flexibility index (Phi) is 7.48. The minimum atomic E-state index is -0.701. The number of nitrogens with zero attached hydrogens (tertiary/aromatic N) is 2. The van der Waals surface area contributed by atoms with Gasteiger partial charge in [0.05, 0.1) is 39.1 Å². The van der Waals surface area contributed by atoms with E-state index in [0.717, 1.165) is 9.13 Å². The number of halogens is 2. The van der Waals surface area contributed by atoms with Crippen LogP contribution in [0.5, 0.6) is 11.5 Å². The maximum atomic E-state index is 13.6. The zero-order valence-electron chi connectivity index (χ0n) is 18.5. The SMILES string of the molecule is CCOC(=O)C1=C(C)N=c2s/c(=C\c3cc(I)cc(I)c3O)c(=O)n2[C@@H]1c1ccc(OC)cc1. The Bertz CT molecular complexity index is 1490. The fourth-order valence-corrected chi connectivity index (χ4v) is 6.66. The molecule has 1 aromatic heterocycles. The van der Waals surface area contributed by atoms with Crippen LogP contribution in [0.4, 0.5) is 0 Å². The van der Waals surface area contributed by atoms with Crippen LogP contribution in [0.15, 0.2) is 57.5 Å². The van der Waals surface area contributed by atoms with Gasteiger partial charge in [-0.25, -0.2) is 9.79 Å². The van der Waals surface area contributed by atoms with Gasteiger partial charge >= 0.3 is 5.97 Å². The van der Waals surface area contributed by atoms with Gasteiger partial charge in [0.2, 0.25) is 0 Å². The molecule has 0 amide bonds. The highest BCUT2D eigenvalue weighted by molar-refractivity contribution is 14.1. The van der Waals surface area contributed by atoms with Gasteiger partial charge in [-0.05, 0) is 94.9 Å². The molecule has 1 aliphatic rings. The van der Waals surface area contributed by atoms with Crippen LogP contribution >= 0.6 is 56.5 Å². The van der Waals surface area contributed by atoms with E-state index in [1.165, 1.54) is 15.9 Å². The molecule has 2 aromatic carbocycles. The first-order chi connectivity index (χ1) is 16.2. The number of methoxy groups -OCH3 is 1. The Balaban J connectivity index is 1.97. The zero-order valence-corrected chi connectivity index (χ0v) is 23.6. The smallest absolute Gasteiger partial charge is 0.338 e. The highest BCUT2D eigenvalue weighted by atomic mass is 127.